The summed E-state index contributed by atoms with van der Waals surface area (Å²) >= 11 is 0. The molecule has 26 heavy (non-hydrogen) atoms. The van der Waals surface area contributed by atoms with Gasteiger partial charge in [-0.2, -0.15) is 0 Å². The molecule has 0 unspecified atom stereocenters. The molecule has 1 aromatic heterocycles. The standard InChI is InChI=1S/C21H24N2O3/c1-14(19-22-16-12-8-9-13-17(16)25-19)18(15-10-6-5-7-11-15)23-20(24)26-21(2,3)4/h5-14,18H,1-4H3,(H,23,24)/t14-,18+/m0/s1. The number of fused-ring (bicyclic) bond motifs is 1. The Kier molecular flexibility index (Phi) is 4.98. The highest BCUT2D eigenvalue weighted by Crippen LogP contribution is 2.32. The van der Waals surface area contributed by atoms with Crippen LogP contribution in [0.15, 0.2) is 59.0 Å². The number of carbonyl (C=O) groups is 1. The van der Waals surface area contributed by atoms with Crippen molar-refractivity contribution in [2.45, 2.75) is 45.3 Å². The minimum absolute atomic E-state index is 0.169. The average Bonchev–Trinajstić information content (AvgIpc) is 3.02. The molecule has 1 N–H and O–H groups in total. The number of aromatic nitrogens is 1. The number of carbonyl (C=O) groups excluding carboxylic acids is 1. The molecule has 0 fully saturated rings. The predicted molar refractivity (Wildman–Crippen MR) is 101 cm³/mol. The third-order valence-electron chi connectivity index (χ3n) is 4.03. The number of alkyl carbamates (subject to hydrolysis) is 1. The lowest BCUT2D eigenvalue weighted by atomic mass is 9.94. The number of amides is 1. The van der Waals surface area contributed by atoms with Crippen LogP contribution in [0.5, 0.6) is 0 Å². The molecule has 3 aromatic rings. The summed E-state index contributed by atoms with van der Waals surface area (Å²) in [7, 11) is 0. The normalized spacial score (nSPS) is 14.0. The molecule has 0 saturated heterocycles. The van der Waals surface area contributed by atoms with Gasteiger partial charge in [-0.3, -0.25) is 0 Å². The maximum Gasteiger partial charge on any atom is 0.408 e. The summed E-state index contributed by atoms with van der Waals surface area (Å²) in [5.74, 6) is 0.411. The summed E-state index contributed by atoms with van der Waals surface area (Å²) in [6, 6.07) is 17.1. The SMILES string of the molecule is C[C@H](c1nc2ccccc2o1)[C@@H](NC(=O)OC(C)(C)C)c1ccccc1. The van der Waals surface area contributed by atoms with Crippen molar-refractivity contribution >= 4 is 17.2 Å². The molecule has 2 atom stereocenters. The van der Waals surface area contributed by atoms with Gasteiger partial charge in [0.2, 0.25) is 5.89 Å². The lowest BCUT2D eigenvalue weighted by Gasteiger charge is -2.26. The molecule has 0 saturated carbocycles. The Morgan fingerprint density at radius 3 is 2.38 bits per heavy atom. The molecule has 0 spiro atoms. The van der Waals surface area contributed by atoms with E-state index in [1.165, 1.54) is 0 Å². The Balaban J connectivity index is 1.90. The van der Waals surface area contributed by atoms with E-state index in [0.717, 1.165) is 16.7 Å². The summed E-state index contributed by atoms with van der Waals surface area (Å²) in [5.41, 5.74) is 1.94. The highest BCUT2D eigenvalue weighted by molar-refractivity contribution is 5.72. The fourth-order valence-corrected chi connectivity index (χ4v) is 2.82. The van der Waals surface area contributed by atoms with Crippen LogP contribution in [0.2, 0.25) is 0 Å². The molecule has 5 heteroatoms. The lowest BCUT2D eigenvalue weighted by Crippen LogP contribution is -2.36. The van der Waals surface area contributed by atoms with Crippen LogP contribution in [-0.4, -0.2) is 16.7 Å². The first kappa shape index (κ1) is 18.0. The molecule has 0 bridgehead atoms. The number of hydrogen-bond acceptors (Lipinski definition) is 4. The van der Waals surface area contributed by atoms with Gasteiger partial charge in [0.05, 0.1) is 12.0 Å². The summed E-state index contributed by atoms with van der Waals surface area (Å²) in [5, 5.41) is 2.97. The summed E-state index contributed by atoms with van der Waals surface area (Å²) in [4.78, 5) is 16.9. The number of para-hydroxylation sites is 2. The van der Waals surface area contributed by atoms with Crippen LogP contribution in [0, 0.1) is 0 Å². The Morgan fingerprint density at radius 2 is 1.73 bits per heavy atom. The second kappa shape index (κ2) is 7.20. The smallest absolute Gasteiger partial charge is 0.408 e. The van der Waals surface area contributed by atoms with Crippen LogP contribution >= 0.6 is 0 Å². The predicted octanol–water partition coefficient (Wildman–Crippen LogP) is 5.20. The molecule has 2 aromatic carbocycles. The Bertz CT molecular complexity index is 848. The molecule has 0 aliphatic carbocycles. The number of benzene rings is 2. The van der Waals surface area contributed by atoms with E-state index < -0.39 is 11.7 Å². The number of oxazole rings is 1. The van der Waals surface area contributed by atoms with Crippen molar-refractivity contribution in [3.05, 3.63) is 66.1 Å². The highest BCUT2D eigenvalue weighted by Gasteiger charge is 2.28. The molecule has 136 valence electrons. The first-order chi connectivity index (χ1) is 12.3. The van der Waals surface area contributed by atoms with Crippen molar-refractivity contribution in [1.29, 1.82) is 0 Å². The molecular formula is C21H24N2O3. The van der Waals surface area contributed by atoms with Gasteiger partial charge in [-0.15, -0.1) is 0 Å². The van der Waals surface area contributed by atoms with Crippen molar-refractivity contribution in [3.63, 3.8) is 0 Å². The van der Waals surface area contributed by atoms with Crippen molar-refractivity contribution in [2.24, 2.45) is 0 Å². The van der Waals surface area contributed by atoms with Gasteiger partial charge in [0, 0.05) is 0 Å². The summed E-state index contributed by atoms with van der Waals surface area (Å²) in [6.07, 6.45) is -0.464. The van der Waals surface area contributed by atoms with Gasteiger partial charge < -0.3 is 14.5 Å². The van der Waals surface area contributed by atoms with Crippen LogP contribution in [-0.2, 0) is 4.74 Å². The molecule has 0 aliphatic heterocycles. The van der Waals surface area contributed by atoms with Crippen LogP contribution < -0.4 is 5.32 Å². The van der Waals surface area contributed by atoms with Gasteiger partial charge in [0.25, 0.3) is 0 Å². The Morgan fingerprint density at radius 1 is 1.08 bits per heavy atom. The second-order valence-electron chi connectivity index (χ2n) is 7.34. The fourth-order valence-electron chi connectivity index (χ4n) is 2.82. The minimum Gasteiger partial charge on any atom is -0.444 e. The van der Waals surface area contributed by atoms with Gasteiger partial charge >= 0.3 is 6.09 Å². The minimum atomic E-state index is -0.563. The fraction of sp³-hybridized carbons (Fsp3) is 0.333. The number of ether oxygens (including phenoxy) is 1. The highest BCUT2D eigenvalue weighted by atomic mass is 16.6. The van der Waals surface area contributed by atoms with Crippen LogP contribution in [0.4, 0.5) is 4.79 Å². The summed E-state index contributed by atoms with van der Waals surface area (Å²) < 4.78 is 11.3. The van der Waals surface area contributed by atoms with Crippen LogP contribution in [0.25, 0.3) is 11.1 Å². The molecular weight excluding hydrogens is 328 g/mol. The van der Waals surface area contributed by atoms with E-state index in [2.05, 4.69) is 10.3 Å². The van der Waals surface area contributed by atoms with E-state index in [1.807, 2.05) is 82.3 Å². The number of nitrogens with one attached hydrogen (secondary N) is 1. The Hall–Kier alpha value is -2.82. The van der Waals surface area contributed by atoms with E-state index in [0.29, 0.717) is 5.89 Å². The summed E-state index contributed by atoms with van der Waals surface area (Å²) in [6.45, 7) is 7.51. The number of rotatable bonds is 4. The zero-order chi connectivity index (χ0) is 18.7. The van der Waals surface area contributed by atoms with E-state index in [9.17, 15) is 4.79 Å². The number of hydrogen-bond donors (Lipinski definition) is 1. The molecule has 5 nitrogen and oxygen atoms in total. The van der Waals surface area contributed by atoms with E-state index in [4.69, 9.17) is 9.15 Å². The van der Waals surface area contributed by atoms with Gasteiger partial charge in [0.15, 0.2) is 5.58 Å². The van der Waals surface area contributed by atoms with E-state index in [1.54, 1.807) is 0 Å². The van der Waals surface area contributed by atoms with Gasteiger partial charge in [-0.25, -0.2) is 9.78 Å². The van der Waals surface area contributed by atoms with Crippen molar-refractivity contribution in [3.8, 4) is 0 Å². The molecule has 1 amide bonds. The van der Waals surface area contributed by atoms with Crippen molar-refractivity contribution < 1.29 is 13.9 Å². The lowest BCUT2D eigenvalue weighted by molar-refractivity contribution is 0.0494. The first-order valence-electron chi connectivity index (χ1n) is 8.73. The van der Waals surface area contributed by atoms with Crippen LogP contribution in [0.3, 0.4) is 0 Å². The van der Waals surface area contributed by atoms with Crippen LogP contribution in [0.1, 0.15) is 51.1 Å². The third kappa shape index (κ3) is 4.23. The number of nitrogens with zero attached hydrogens (tertiary/aromatic N) is 1. The average molecular weight is 352 g/mol. The van der Waals surface area contributed by atoms with Gasteiger partial charge in [0.1, 0.15) is 11.1 Å². The van der Waals surface area contributed by atoms with Gasteiger partial charge in [-0.05, 0) is 38.5 Å². The van der Waals surface area contributed by atoms with E-state index in [-0.39, 0.29) is 12.0 Å². The molecule has 0 aliphatic rings. The zero-order valence-corrected chi connectivity index (χ0v) is 15.5. The second-order valence-corrected chi connectivity index (χ2v) is 7.34. The first-order valence-corrected chi connectivity index (χ1v) is 8.73. The zero-order valence-electron chi connectivity index (χ0n) is 15.5. The largest absolute Gasteiger partial charge is 0.444 e. The third-order valence-corrected chi connectivity index (χ3v) is 4.03. The maximum atomic E-state index is 12.4. The molecule has 3 rings (SSSR count). The monoisotopic (exact) mass is 352 g/mol. The van der Waals surface area contributed by atoms with E-state index >= 15 is 0 Å². The Labute approximate surface area is 153 Å². The maximum absolute atomic E-state index is 12.4. The molecule has 0 radical (unpaired) electrons. The quantitative estimate of drug-likeness (QED) is 0.701. The van der Waals surface area contributed by atoms with Gasteiger partial charge in [-0.1, -0.05) is 49.4 Å². The van der Waals surface area contributed by atoms with Crippen molar-refractivity contribution in [2.75, 3.05) is 0 Å². The molecule has 1 heterocycles. The van der Waals surface area contributed by atoms with Crippen molar-refractivity contribution in [1.82, 2.24) is 10.3 Å². The topological polar surface area (TPSA) is 64.4 Å².